The van der Waals surface area contributed by atoms with Crippen LogP contribution in [0.4, 0.5) is 5.69 Å². The third kappa shape index (κ3) is 3.54. The summed E-state index contributed by atoms with van der Waals surface area (Å²) in [4.78, 5) is 14.3. The Morgan fingerprint density at radius 2 is 2.11 bits per heavy atom. The average Bonchev–Trinajstić information content (AvgIpc) is 2.42. The number of morpholine rings is 1. The topological polar surface area (TPSA) is 72.6 Å². The van der Waals surface area contributed by atoms with Crippen molar-refractivity contribution in [2.45, 2.75) is 11.8 Å². The third-order valence-electron chi connectivity index (χ3n) is 3.12. The SMILES string of the molecule is Cc1cc(S(=O)CC(=O)N2CCOCC2)ccc1N. The Labute approximate surface area is 115 Å². The van der Waals surface area contributed by atoms with Crippen LogP contribution in [0.2, 0.25) is 0 Å². The maximum absolute atomic E-state index is 12.2. The Balaban J connectivity index is 1.99. The molecule has 1 atom stereocenters. The summed E-state index contributed by atoms with van der Waals surface area (Å²) >= 11 is 0. The molecule has 1 heterocycles. The Hall–Kier alpha value is -1.40. The monoisotopic (exact) mass is 282 g/mol. The van der Waals surface area contributed by atoms with E-state index in [-0.39, 0.29) is 11.7 Å². The molecule has 0 aromatic heterocycles. The lowest BCUT2D eigenvalue weighted by atomic mass is 10.2. The van der Waals surface area contributed by atoms with Crippen molar-refractivity contribution in [1.29, 1.82) is 0 Å². The van der Waals surface area contributed by atoms with Crippen LogP contribution < -0.4 is 5.73 Å². The van der Waals surface area contributed by atoms with E-state index in [0.29, 0.717) is 36.9 Å². The fraction of sp³-hybridized carbons (Fsp3) is 0.462. The Bertz CT molecular complexity index is 499. The van der Waals surface area contributed by atoms with Gasteiger partial charge in [0.1, 0.15) is 5.75 Å². The number of nitrogens with two attached hydrogens (primary N) is 1. The smallest absolute Gasteiger partial charge is 0.235 e. The number of carbonyl (C=O) groups excluding carboxylic acids is 1. The maximum atomic E-state index is 12.2. The van der Waals surface area contributed by atoms with Gasteiger partial charge in [-0.25, -0.2) is 0 Å². The number of nitrogens with zero attached hydrogens (tertiary/aromatic N) is 1. The minimum atomic E-state index is -1.32. The van der Waals surface area contributed by atoms with Gasteiger partial charge in [0, 0.05) is 23.7 Å². The lowest BCUT2D eigenvalue weighted by Crippen LogP contribution is -2.42. The summed E-state index contributed by atoms with van der Waals surface area (Å²) in [7, 11) is -1.32. The van der Waals surface area contributed by atoms with Gasteiger partial charge >= 0.3 is 0 Å². The molecule has 1 unspecified atom stereocenters. The van der Waals surface area contributed by atoms with Gasteiger partial charge in [0.05, 0.1) is 24.0 Å². The van der Waals surface area contributed by atoms with Gasteiger partial charge in [-0.15, -0.1) is 0 Å². The number of anilines is 1. The van der Waals surface area contributed by atoms with Crippen LogP contribution in [0.3, 0.4) is 0 Å². The van der Waals surface area contributed by atoms with Crippen molar-refractivity contribution < 1.29 is 13.7 Å². The number of hydrogen-bond acceptors (Lipinski definition) is 4. The van der Waals surface area contributed by atoms with Crippen LogP contribution in [0.5, 0.6) is 0 Å². The van der Waals surface area contributed by atoms with Gasteiger partial charge in [-0.1, -0.05) is 0 Å². The number of carbonyl (C=O) groups is 1. The van der Waals surface area contributed by atoms with Crippen molar-refractivity contribution in [1.82, 2.24) is 4.90 Å². The fourth-order valence-corrected chi connectivity index (χ4v) is 2.99. The number of hydrogen-bond donors (Lipinski definition) is 1. The largest absolute Gasteiger partial charge is 0.399 e. The normalized spacial score (nSPS) is 17.2. The molecule has 1 aliphatic rings. The first-order chi connectivity index (χ1) is 9.08. The summed E-state index contributed by atoms with van der Waals surface area (Å²) in [6, 6.07) is 5.21. The van der Waals surface area contributed by atoms with Gasteiger partial charge in [0.25, 0.3) is 0 Å². The summed E-state index contributed by atoms with van der Waals surface area (Å²) in [5, 5.41) is 0. The Morgan fingerprint density at radius 3 is 2.74 bits per heavy atom. The van der Waals surface area contributed by atoms with E-state index in [1.54, 1.807) is 23.1 Å². The molecule has 0 spiro atoms. The van der Waals surface area contributed by atoms with Crippen LogP contribution in [0, 0.1) is 6.92 Å². The number of amides is 1. The molecule has 1 saturated heterocycles. The van der Waals surface area contributed by atoms with Crippen molar-refractivity contribution in [2.75, 3.05) is 37.8 Å². The van der Waals surface area contributed by atoms with Gasteiger partial charge in [-0.2, -0.15) is 0 Å². The first-order valence-electron chi connectivity index (χ1n) is 6.18. The molecule has 6 heteroatoms. The summed E-state index contributed by atoms with van der Waals surface area (Å²) in [5.74, 6) is -0.0697. The van der Waals surface area contributed by atoms with Crippen molar-refractivity contribution in [2.24, 2.45) is 0 Å². The quantitative estimate of drug-likeness (QED) is 0.822. The Kier molecular flexibility index (Phi) is 4.55. The highest BCUT2D eigenvalue weighted by Gasteiger charge is 2.19. The van der Waals surface area contributed by atoms with Crippen LogP contribution in [0.25, 0.3) is 0 Å². The van der Waals surface area contributed by atoms with E-state index in [4.69, 9.17) is 10.5 Å². The molecular weight excluding hydrogens is 264 g/mol. The Morgan fingerprint density at radius 1 is 1.42 bits per heavy atom. The van der Waals surface area contributed by atoms with Gasteiger partial charge in [-0.05, 0) is 30.7 Å². The zero-order valence-electron chi connectivity index (χ0n) is 10.9. The second-order valence-electron chi connectivity index (χ2n) is 4.50. The molecule has 1 aliphatic heterocycles. The van der Waals surface area contributed by atoms with E-state index in [1.165, 1.54) is 0 Å². The van der Waals surface area contributed by atoms with E-state index >= 15 is 0 Å². The van der Waals surface area contributed by atoms with Crippen molar-refractivity contribution in [3.63, 3.8) is 0 Å². The zero-order valence-corrected chi connectivity index (χ0v) is 11.7. The number of aryl methyl sites for hydroxylation is 1. The van der Waals surface area contributed by atoms with Crippen molar-refractivity contribution in [3.05, 3.63) is 23.8 Å². The van der Waals surface area contributed by atoms with Gasteiger partial charge in [0.15, 0.2) is 0 Å². The van der Waals surface area contributed by atoms with E-state index in [2.05, 4.69) is 0 Å². The maximum Gasteiger partial charge on any atom is 0.235 e. The molecule has 0 saturated carbocycles. The molecule has 19 heavy (non-hydrogen) atoms. The number of rotatable bonds is 3. The molecule has 1 fully saturated rings. The summed E-state index contributed by atoms with van der Waals surface area (Å²) in [6.45, 7) is 4.13. The van der Waals surface area contributed by atoms with Crippen LogP contribution in [0.15, 0.2) is 23.1 Å². The van der Waals surface area contributed by atoms with Crippen LogP contribution in [-0.2, 0) is 20.3 Å². The van der Waals surface area contributed by atoms with Crippen LogP contribution in [-0.4, -0.2) is 47.1 Å². The minimum Gasteiger partial charge on any atom is -0.399 e. The highest BCUT2D eigenvalue weighted by Crippen LogP contribution is 2.16. The highest BCUT2D eigenvalue weighted by molar-refractivity contribution is 7.85. The second-order valence-corrected chi connectivity index (χ2v) is 5.95. The number of benzene rings is 1. The third-order valence-corrected chi connectivity index (χ3v) is 4.41. The summed E-state index contributed by atoms with van der Waals surface area (Å²) < 4.78 is 17.3. The molecule has 104 valence electrons. The molecular formula is C13H18N2O3S. The lowest BCUT2D eigenvalue weighted by Gasteiger charge is -2.26. The van der Waals surface area contributed by atoms with E-state index in [1.807, 2.05) is 6.92 Å². The molecule has 0 radical (unpaired) electrons. The van der Waals surface area contributed by atoms with E-state index < -0.39 is 10.8 Å². The standard InChI is InChI=1S/C13H18N2O3S/c1-10-8-11(2-3-12(10)14)19(17)9-13(16)15-4-6-18-7-5-15/h2-3,8H,4-7,9,14H2,1H3. The molecule has 1 amide bonds. The lowest BCUT2D eigenvalue weighted by molar-refractivity contribution is -0.132. The van der Waals surface area contributed by atoms with Crippen LogP contribution in [0.1, 0.15) is 5.56 Å². The summed E-state index contributed by atoms with van der Waals surface area (Å²) in [6.07, 6.45) is 0. The van der Waals surface area contributed by atoms with E-state index in [9.17, 15) is 9.00 Å². The average molecular weight is 282 g/mol. The zero-order chi connectivity index (χ0) is 13.8. The van der Waals surface area contributed by atoms with Gasteiger partial charge < -0.3 is 15.4 Å². The molecule has 2 rings (SSSR count). The first kappa shape index (κ1) is 14.0. The first-order valence-corrected chi connectivity index (χ1v) is 7.50. The molecule has 5 nitrogen and oxygen atoms in total. The van der Waals surface area contributed by atoms with Gasteiger partial charge in [-0.3, -0.25) is 9.00 Å². The molecule has 0 aliphatic carbocycles. The molecule has 1 aromatic carbocycles. The van der Waals surface area contributed by atoms with Crippen molar-refractivity contribution in [3.8, 4) is 0 Å². The second kappa shape index (κ2) is 6.16. The number of nitrogen functional groups attached to an aromatic ring is 1. The van der Waals surface area contributed by atoms with Crippen LogP contribution >= 0.6 is 0 Å². The summed E-state index contributed by atoms with van der Waals surface area (Å²) in [5.41, 5.74) is 7.27. The number of ether oxygens (including phenoxy) is 1. The van der Waals surface area contributed by atoms with Gasteiger partial charge in [0.2, 0.25) is 5.91 Å². The highest BCUT2D eigenvalue weighted by atomic mass is 32.2. The van der Waals surface area contributed by atoms with Crippen molar-refractivity contribution >= 4 is 22.4 Å². The minimum absolute atomic E-state index is 0.0172. The van der Waals surface area contributed by atoms with E-state index in [0.717, 1.165) is 5.56 Å². The predicted octanol–water partition coefficient (Wildman–Crippen LogP) is 0.544. The molecule has 0 bridgehead atoms. The molecule has 1 aromatic rings. The molecule has 2 N–H and O–H groups in total. The predicted molar refractivity (Wildman–Crippen MR) is 74.3 cm³/mol. The fourth-order valence-electron chi connectivity index (χ4n) is 1.89.